The smallest absolute Gasteiger partial charge is 0.196 e. The van der Waals surface area contributed by atoms with Gasteiger partial charge in [-0.1, -0.05) is 42.1 Å². The molecule has 2 heterocycles. The highest BCUT2D eigenvalue weighted by Gasteiger charge is 2.28. The summed E-state index contributed by atoms with van der Waals surface area (Å²) in [4.78, 5) is 13.1. The van der Waals surface area contributed by atoms with Crippen LogP contribution in [0.3, 0.4) is 0 Å². The first-order valence-electron chi connectivity index (χ1n) is 11.2. The summed E-state index contributed by atoms with van der Waals surface area (Å²) < 4.78 is 23.8. The molecular weight excluding hydrogens is 451 g/mol. The van der Waals surface area contributed by atoms with Gasteiger partial charge >= 0.3 is 0 Å². The molecule has 0 unspecified atom stereocenters. The van der Waals surface area contributed by atoms with Crippen molar-refractivity contribution < 1.29 is 13.9 Å². The van der Waals surface area contributed by atoms with E-state index in [9.17, 15) is 9.18 Å². The highest BCUT2D eigenvalue weighted by Crippen LogP contribution is 2.38. The van der Waals surface area contributed by atoms with Gasteiger partial charge in [-0.15, -0.1) is 10.2 Å². The van der Waals surface area contributed by atoms with Gasteiger partial charge in [-0.2, -0.15) is 0 Å². The summed E-state index contributed by atoms with van der Waals surface area (Å²) in [5, 5.41) is 9.19. The van der Waals surface area contributed by atoms with Crippen LogP contribution in [0.2, 0.25) is 0 Å². The standard InChI is InChI=1S/C26H25FN4O2S/c1-17-14-21(18(2)30(17)20-12-13-20)23(32)16-34-26-29-28-25(31(26)19-8-4-3-5-9-19)15-33-24-11-7-6-10-22(24)27/h3-11,14,20H,12-13,15-16H2,1-2H3. The van der Waals surface area contributed by atoms with E-state index < -0.39 is 5.82 Å². The maximum Gasteiger partial charge on any atom is 0.196 e. The molecule has 1 fully saturated rings. The minimum absolute atomic E-state index is 0.0415. The van der Waals surface area contributed by atoms with Crippen LogP contribution in [0, 0.1) is 19.7 Å². The Balaban J connectivity index is 1.37. The molecule has 34 heavy (non-hydrogen) atoms. The summed E-state index contributed by atoms with van der Waals surface area (Å²) in [6.45, 7) is 4.12. The van der Waals surface area contributed by atoms with Crippen LogP contribution >= 0.6 is 11.8 Å². The number of nitrogens with zero attached hydrogens (tertiary/aromatic N) is 4. The normalized spacial score (nSPS) is 13.3. The predicted molar refractivity (Wildman–Crippen MR) is 129 cm³/mol. The van der Waals surface area contributed by atoms with Crippen LogP contribution in [0.25, 0.3) is 5.69 Å². The number of halogens is 1. The number of aromatic nitrogens is 4. The van der Waals surface area contributed by atoms with E-state index in [4.69, 9.17) is 4.74 Å². The van der Waals surface area contributed by atoms with Crippen molar-refractivity contribution in [3.05, 3.63) is 89.3 Å². The molecular formula is C26H25FN4O2S. The Morgan fingerprint density at radius 2 is 1.82 bits per heavy atom. The molecule has 1 aliphatic rings. The molecule has 0 spiro atoms. The molecule has 0 N–H and O–H groups in total. The number of hydrogen-bond acceptors (Lipinski definition) is 5. The average Bonchev–Trinajstić information content (AvgIpc) is 3.52. The van der Waals surface area contributed by atoms with Crippen LogP contribution in [0.5, 0.6) is 5.75 Å². The molecule has 1 aliphatic carbocycles. The molecule has 0 bridgehead atoms. The first kappa shape index (κ1) is 22.4. The van der Waals surface area contributed by atoms with Gasteiger partial charge in [-0.25, -0.2) is 4.39 Å². The quantitative estimate of drug-likeness (QED) is 0.229. The summed E-state index contributed by atoms with van der Waals surface area (Å²) in [6.07, 6.45) is 2.35. The van der Waals surface area contributed by atoms with Crippen molar-refractivity contribution in [1.82, 2.24) is 19.3 Å². The number of Topliss-reactive ketones (excluding diaryl/α,β-unsaturated/α-hetero) is 1. The third-order valence-corrected chi connectivity index (χ3v) is 6.87. The maximum absolute atomic E-state index is 14.0. The van der Waals surface area contributed by atoms with E-state index in [1.807, 2.05) is 47.9 Å². The number of aryl methyl sites for hydroxylation is 1. The Hall–Kier alpha value is -3.39. The average molecular weight is 477 g/mol. The molecule has 0 atom stereocenters. The predicted octanol–water partition coefficient (Wildman–Crippen LogP) is 5.71. The third-order valence-electron chi connectivity index (χ3n) is 5.94. The molecule has 2 aromatic carbocycles. The summed E-state index contributed by atoms with van der Waals surface area (Å²) in [5.41, 5.74) is 3.79. The molecule has 8 heteroatoms. The summed E-state index contributed by atoms with van der Waals surface area (Å²) in [5.74, 6) is 0.555. The number of carbonyl (C=O) groups excluding carboxylic acids is 1. The molecule has 0 radical (unpaired) electrons. The zero-order chi connectivity index (χ0) is 23.7. The molecule has 0 saturated heterocycles. The maximum atomic E-state index is 14.0. The van der Waals surface area contributed by atoms with Crippen LogP contribution in [0.4, 0.5) is 4.39 Å². The number of ketones is 1. The minimum Gasteiger partial charge on any atom is -0.483 e. The molecule has 174 valence electrons. The van der Waals surface area contributed by atoms with Crippen LogP contribution in [-0.2, 0) is 6.61 Å². The van der Waals surface area contributed by atoms with Gasteiger partial charge < -0.3 is 9.30 Å². The van der Waals surface area contributed by atoms with Crippen molar-refractivity contribution >= 4 is 17.5 Å². The van der Waals surface area contributed by atoms with Gasteiger partial charge in [-0.3, -0.25) is 9.36 Å². The fourth-order valence-electron chi connectivity index (χ4n) is 4.19. The second kappa shape index (κ2) is 9.46. The monoisotopic (exact) mass is 476 g/mol. The molecule has 5 rings (SSSR count). The number of hydrogen-bond donors (Lipinski definition) is 0. The molecule has 0 amide bonds. The zero-order valence-corrected chi connectivity index (χ0v) is 19.9. The van der Waals surface area contributed by atoms with Gasteiger partial charge in [0.1, 0.15) is 6.61 Å². The zero-order valence-electron chi connectivity index (χ0n) is 19.1. The van der Waals surface area contributed by atoms with Gasteiger partial charge in [0.15, 0.2) is 28.3 Å². The second-order valence-electron chi connectivity index (χ2n) is 8.39. The Morgan fingerprint density at radius 3 is 2.56 bits per heavy atom. The van der Waals surface area contributed by atoms with Crippen LogP contribution in [0.15, 0.2) is 65.8 Å². The highest BCUT2D eigenvalue weighted by molar-refractivity contribution is 7.99. The molecule has 0 aliphatic heterocycles. The van der Waals surface area contributed by atoms with Gasteiger partial charge in [-0.05, 0) is 57.0 Å². The van der Waals surface area contributed by atoms with Crippen molar-refractivity contribution in [2.75, 3.05) is 5.75 Å². The number of thioether (sulfide) groups is 1. The Kier molecular flexibility index (Phi) is 6.24. The lowest BCUT2D eigenvalue weighted by Crippen LogP contribution is -2.09. The molecule has 2 aromatic heterocycles. The Morgan fingerprint density at radius 1 is 1.09 bits per heavy atom. The number of benzene rings is 2. The van der Waals surface area contributed by atoms with Gasteiger partial charge in [0, 0.05) is 28.7 Å². The van der Waals surface area contributed by atoms with Crippen LogP contribution in [-0.4, -0.2) is 30.9 Å². The molecule has 4 aromatic rings. The van der Waals surface area contributed by atoms with Crippen molar-refractivity contribution in [3.8, 4) is 11.4 Å². The first-order chi connectivity index (χ1) is 16.5. The van der Waals surface area contributed by atoms with Crippen LogP contribution in [0.1, 0.15) is 46.5 Å². The van der Waals surface area contributed by atoms with Crippen molar-refractivity contribution in [3.63, 3.8) is 0 Å². The lowest BCUT2D eigenvalue weighted by Gasteiger charge is -2.11. The lowest BCUT2D eigenvalue weighted by atomic mass is 10.2. The lowest BCUT2D eigenvalue weighted by molar-refractivity contribution is 0.102. The summed E-state index contributed by atoms with van der Waals surface area (Å²) in [6, 6.07) is 18.4. The largest absolute Gasteiger partial charge is 0.483 e. The van der Waals surface area contributed by atoms with E-state index in [2.05, 4.69) is 21.7 Å². The highest BCUT2D eigenvalue weighted by atomic mass is 32.2. The van der Waals surface area contributed by atoms with Crippen molar-refractivity contribution in [2.45, 2.75) is 44.5 Å². The third kappa shape index (κ3) is 4.50. The number of rotatable bonds is 9. The van der Waals surface area contributed by atoms with Gasteiger partial charge in [0.05, 0.1) is 5.75 Å². The summed E-state index contributed by atoms with van der Waals surface area (Å²) >= 11 is 1.34. The summed E-state index contributed by atoms with van der Waals surface area (Å²) in [7, 11) is 0. The second-order valence-corrected chi connectivity index (χ2v) is 9.33. The van der Waals surface area contributed by atoms with E-state index in [-0.39, 0.29) is 23.9 Å². The van der Waals surface area contributed by atoms with E-state index >= 15 is 0 Å². The van der Waals surface area contributed by atoms with E-state index in [0.717, 1.165) is 22.6 Å². The van der Waals surface area contributed by atoms with Gasteiger partial charge in [0.25, 0.3) is 0 Å². The van der Waals surface area contributed by atoms with E-state index in [0.29, 0.717) is 17.0 Å². The van der Waals surface area contributed by atoms with Crippen molar-refractivity contribution in [1.29, 1.82) is 0 Å². The van der Waals surface area contributed by atoms with Gasteiger partial charge in [0.2, 0.25) is 0 Å². The van der Waals surface area contributed by atoms with Crippen LogP contribution < -0.4 is 4.74 Å². The Bertz CT molecular complexity index is 1330. The number of ether oxygens (including phenoxy) is 1. The molecule has 6 nitrogen and oxygen atoms in total. The number of carbonyl (C=O) groups is 1. The first-order valence-corrected chi connectivity index (χ1v) is 12.2. The van der Waals surface area contributed by atoms with E-state index in [1.54, 1.807) is 18.2 Å². The van der Waals surface area contributed by atoms with E-state index in [1.165, 1.54) is 30.7 Å². The fourth-order valence-corrected chi connectivity index (χ4v) is 5.04. The SMILES string of the molecule is Cc1cc(C(=O)CSc2nnc(COc3ccccc3F)n2-c2ccccc2)c(C)n1C1CC1. The number of para-hydroxylation sites is 2. The topological polar surface area (TPSA) is 61.9 Å². The fraction of sp³-hybridized carbons (Fsp3) is 0.269. The molecule has 1 saturated carbocycles. The Labute approximate surface area is 201 Å². The van der Waals surface area contributed by atoms with Crippen molar-refractivity contribution in [2.24, 2.45) is 0 Å². The minimum atomic E-state index is -0.433.